The first-order valence-corrected chi connectivity index (χ1v) is 11.2. The quantitative estimate of drug-likeness (QED) is 0.453. The van der Waals surface area contributed by atoms with Crippen molar-refractivity contribution in [3.05, 3.63) is 104 Å². The summed E-state index contributed by atoms with van der Waals surface area (Å²) in [6.45, 7) is 3.72. The molecule has 1 heterocycles. The van der Waals surface area contributed by atoms with E-state index < -0.39 is 17.9 Å². The van der Waals surface area contributed by atoms with Gasteiger partial charge in [-0.25, -0.2) is 0 Å². The first-order valence-electron chi connectivity index (χ1n) is 10.4. The number of amides is 1. The topological polar surface area (TPSA) is 77.4 Å². The van der Waals surface area contributed by atoms with E-state index in [0.717, 1.165) is 5.56 Å². The number of pyridine rings is 1. The molecule has 0 saturated heterocycles. The molecule has 1 amide bonds. The fraction of sp³-hybridized carbons (Fsp3) is 0.240. The number of nitrogens with one attached hydrogen (secondary N) is 1. The number of hydrogen-bond donors (Lipinski definition) is 1. The van der Waals surface area contributed by atoms with Crippen molar-refractivity contribution < 1.29 is 14.3 Å². The molecular weight excluding hydrogens is 463 g/mol. The molecule has 0 saturated carbocycles. The highest BCUT2D eigenvalue weighted by atomic mass is 35.5. The molecule has 1 atom stereocenters. The van der Waals surface area contributed by atoms with Crippen LogP contribution in [-0.4, -0.2) is 22.5 Å². The van der Waals surface area contributed by atoms with Gasteiger partial charge in [0.05, 0.1) is 30.7 Å². The average Bonchev–Trinajstić information content (AvgIpc) is 2.76. The van der Waals surface area contributed by atoms with Crippen molar-refractivity contribution in [2.45, 2.75) is 39.0 Å². The molecule has 0 unspecified atom stereocenters. The lowest BCUT2D eigenvalue weighted by molar-refractivity contribution is -0.147. The normalized spacial score (nSPS) is 11.8. The largest absolute Gasteiger partial charge is 0.463 e. The molecule has 0 aliphatic carbocycles. The summed E-state index contributed by atoms with van der Waals surface area (Å²) in [6, 6.07) is 16.2. The number of rotatable bonds is 8. The Morgan fingerprint density at radius 3 is 2.30 bits per heavy atom. The maximum absolute atomic E-state index is 13.1. The lowest BCUT2D eigenvalue weighted by Crippen LogP contribution is -2.32. The van der Waals surface area contributed by atoms with E-state index in [9.17, 15) is 14.4 Å². The van der Waals surface area contributed by atoms with Gasteiger partial charge in [-0.15, -0.1) is 0 Å². The van der Waals surface area contributed by atoms with Crippen LogP contribution in [0.25, 0.3) is 0 Å². The summed E-state index contributed by atoms with van der Waals surface area (Å²) in [5, 5.41) is 3.80. The second-order valence-corrected chi connectivity index (χ2v) is 8.58. The molecule has 1 N–H and O–H groups in total. The number of carbonyl (C=O) groups is 2. The highest BCUT2D eigenvalue weighted by Gasteiger charge is 2.23. The molecule has 0 radical (unpaired) electrons. The van der Waals surface area contributed by atoms with Crippen LogP contribution in [0.4, 0.5) is 0 Å². The summed E-state index contributed by atoms with van der Waals surface area (Å²) in [6.07, 6.45) is 1.10. The maximum atomic E-state index is 13.1. The number of esters is 1. The van der Waals surface area contributed by atoms with Crippen LogP contribution >= 0.6 is 23.2 Å². The summed E-state index contributed by atoms with van der Waals surface area (Å²) >= 11 is 12.5. The van der Waals surface area contributed by atoms with Crippen molar-refractivity contribution in [1.29, 1.82) is 0 Å². The van der Waals surface area contributed by atoms with Crippen LogP contribution < -0.4 is 10.9 Å². The maximum Gasteiger partial charge on any atom is 0.308 e. The molecule has 8 heteroatoms. The molecule has 0 bridgehead atoms. The second-order valence-electron chi connectivity index (χ2n) is 7.77. The van der Waals surface area contributed by atoms with E-state index in [1.807, 2.05) is 12.1 Å². The van der Waals surface area contributed by atoms with E-state index >= 15 is 0 Å². The first kappa shape index (κ1) is 24.6. The minimum atomic E-state index is -0.707. The van der Waals surface area contributed by atoms with Gasteiger partial charge in [0.25, 0.3) is 11.5 Å². The number of aromatic nitrogens is 1. The Morgan fingerprint density at radius 2 is 1.64 bits per heavy atom. The van der Waals surface area contributed by atoms with Gasteiger partial charge in [-0.3, -0.25) is 14.4 Å². The van der Waals surface area contributed by atoms with Crippen molar-refractivity contribution in [3.63, 3.8) is 0 Å². The molecule has 0 aliphatic heterocycles. The molecular formula is C25H24Cl2N2O4. The smallest absolute Gasteiger partial charge is 0.308 e. The van der Waals surface area contributed by atoms with Crippen molar-refractivity contribution in [3.8, 4) is 0 Å². The SMILES string of the molecule is CC(C)OC(=O)C[C@H](NC(=O)c1ccc(=O)n(Cc2ccccc2Cl)c1)c1ccccc1Cl. The molecule has 0 fully saturated rings. The Kier molecular flexibility index (Phi) is 8.31. The van der Waals surface area contributed by atoms with E-state index in [0.29, 0.717) is 15.6 Å². The number of ether oxygens (including phenoxy) is 1. The van der Waals surface area contributed by atoms with E-state index in [2.05, 4.69) is 5.32 Å². The predicted octanol–water partition coefficient (Wildman–Crippen LogP) is 5.02. The molecule has 2 aromatic carbocycles. The number of halogens is 2. The number of nitrogens with zero attached hydrogens (tertiary/aromatic N) is 1. The summed E-state index contributed by atoms with van der Waals surface area (Å²) in [7, 11) is 0. The zero-order valence-electron chi connectivity index (χ0n) is 18.3. The van der Waals surface area contributed by atoms with E-state index in [-0.39, 0.29) is 30.2 Å². The summed E-state index contributed by atoms with van der Waals surface area (Å²) in [5.41, 5.74) is 1.34. The highest BCUT2D eigenvalue weighted by Crippen LogP contribution is 2.26. The lowest BCUT2D eigenvalue weighted by Gasteiger charge is -2.21. The van der Waals surface area contributed by atoms with Gasteiger partial charge in [0, 0.05) is 22.3 Å². The van der Waals surface area contributed by atoms with Crippen LogP contribution in [0.2, 0.25) is 10.0 Å². The van der Waals surface area contributed by atoms with Gasteiger partial charge in [0.15, 0.2) is 0 Å². The van der Waals surface area contributed by atoms with Crippen LogP contribution in [0.1, 0.15) is 47.8 Å². The van der Waals surface area contributed by atoms with Crippen molar-refractivity contribution in [2.75, 3.05) is 0 Å². The minimum absolute atomic E-state index is 0.0904. The van der Waals surface area contributed by atoms with Gasteiger partial charge in [-0.2, -0.15) is 0 Å². The van der Waals surface area contributed by atoms with Crippen molar-refractivity contribution >= 4 is 35.1 Å². The van der Waals surface area contributed by atoms with E-state index in [1.54, 1.807) is 50.2 Å². The van der Waals surface area contributed by atoms with E-state index in [4.69, 9.17) is 27.9 Å². The third kappa shape index (κ3) is 6.70. The lowest BCUT2D eigenvalue weighted by atomic mass is 10.0. The van der Waals surface area contributed by atoms with Gasteiger partial charge in [0.1, 0.15) is 0 Å². The molecule has 1 aromatic heterocycles. The van der Waals surface area contributed by atoms with Crippen molar-refractivity contribution in [2.24, 2.45) is 0 Å². The molecule has 0 aliphatic rings. The van der Waals surface area contributed by atoms with Gasteiger partial charge >= 0.3 is 5.97 Å². The fourth-order valence-corrected chi connectivity index (χ4v) is 3.78. The number of carbonyl (C=O) groups excluding carboxylic acids is 2. The number of hydrogen-bond acceptors (Lipinski definition) is 4. The first-order chi connectivity index (χ1) is 15.7. The van der Waals surface area contributed by atoms with Crippen LogP contribution in [-0.2, 0) is 16.1 Å². The highest BCUT2D eigenvalue weighted by molar-refractivity contribution is 6.31. The number of benzene rings is 2. The fourth-order valence-electron chi connectivity index (χ4n) is 3.32. The zero-order chi connectivity index (χ0) is 24.0. The minimum Gasteiger partial charge on any atom is -0.463 e. The standard InChI is InChI=1S/C25H24Cl2N2O4/c1-16(2)33-24(31)13-22(19-8-4-6-10-21(19)27)28-25(32)18-11-12-23(30)29(15-18)14-17-7-3-5-9-20(17)26/h3-12,15-16,22H,13-14H2,1-2H3,(H,28,32)/t22-/m0/s1. The molecule has 0 spiro atoms. The van der Waals surface area contributed by atoms with E-state index in [1.165, 1.54) is 22.9 Å². The Balaban J connectivity index is 1.85. The Hall–Kier alpha value is -3.09. The van der Waals surface area contributed by atoms with Gasteiger partial charge < -0.3 is 14.6 Å². The van der Waals surface area contributed by atoms with Crippen LogP contribution in [0, 0.1) is 0 Å². The van der Waals surface area contributed by atoms with Crippen LogP contribution in [0.3, 0.4) is 0 Å². The van der Waals surface area contributed by atoms with Crippen LogP contribution in [0.15, 0.2) is 71.7 Å². The van der Waals surface area contributed by atoms with Crippen molar-refractivity contribution in [1.82, 2.24) is 9.88 Å². The molecule has 3 aromatic rings. The summed E-state index contributed by atoms with van der Waals surface area (Å²) in [4.78, 5) is 37.8. The molecule has 33 heavy (non-hydrogen) atoms. The molecule has 3 rings (SSSR count). The zero-order valence-corrected chi connectivity index (χ0v) is 19.8. The molecule has 6 nitrogen and oxygen atoms in total. The van der Waals surface area contributed by atoms with Gasteiger partial charge in [-0.1, -0.05) is 59.6 Å². The molecule has 172 valence electrons. The average molecular weight is 487 g/mol. The Morgan fingerprint density at radius 1 is 0.970 bits per heavy atom. The third-order valence-electron chi connectivity index (χ3n) is 4.87. The predicted molar refractivity (Wildman–Crippen MR) is 129 cm³/mol. The third-order valence-corrected chi connectivity index (χ3v) is 5.58. The monoisotopic (exact) mass is 486 g/mol. The van der Waals surface area contributed by atoms with Gasteiger partial charge in [0.2, 0.25) is 0 Å². The second kappa shape index (κ2) is 11.2. The van der Waals surface area contributed by atoms with Gasteiger partial charge in [-0.05, 0) is 43.2 Å². The summed E-state index contributed by atoms with van der Waals surface area (Å²) < 4.78 is 6.66. The summed E-state index contributed by atoms with van der Waals surface area (Å²) in [5.74, 6) is -0.913. The van der Waals surface area contributed by atoms with Crippen LogP contribution in [0.5, 0.6) is 0 Å². The Labute approximate surface area is 202 Å². The Bertz CT molecular complexity index is 1210.